The van der Waals surface area contributed by atoms with E-state index in [1.54, 1.807) is 12.1 Å². The second-order valence-electron chi connectivity index (χ2n) is 8.03. The first-order valence-electron chi connectivity index (χ1n) is 10.8. The van der Waals surface area contributed by atoms with Gasteiger partial charge in [0.1, 0.15) is 11.6 Å². The smallest absolute Gasteiger partial charge is 0.142 e. The SMILES string of the molecule is CCCCc1ccc(CCc2ccc3c(F)c(-c4ccc(Cl)c(F)c4)ccc3c2)cc1. The monoisotopic (exact) mass is 434 g/mol. The third-order valence-corrected chi connectivity index (χ3v) is 6.10. The van der Waals surface area contributed by atoms with Gasteiger partial charge in [-0.05, 0) is 65.5 Å². The summed E-state index contributed by atoms with van der Waals surface area (Å²) < 4.78 is 29.0. The van der Waals surface area contributed by atoms with Crippen LogP contribution in [0.3, 0.4) is 0 Å². The van der Waals surface area contributed by atoms with Gasteiger partial charge in [-0.3, -0.25) is 0 Å². The molecular weight excluding hydrogens is 410 g/mol. The summed E-state index contributed by atoms with van der Waals surface area (Å²) in [4.78, 5) is 0. The molecule has 0 aliphatic rings. The van der Waals surface area contributed by atoms with Gasteiger partial charge in [0.15, 0.2) is 0 Å². The van der Waals surface area contributed by atoms with Crippen LogP contribution in [0.2, 0.25) is 5.02 Å². The zero-order valence-electron chi connectivity index (χ0n) is 17.6. The van der Waals surface area contributed by atoms with Crippen LogP contribution in [-0.2, 0) is 19.3 Å². The number of aryl methyl sites for hydroxylation is 3. The Morgan fingerprint density at radius 1 is 0.710 bits per heavy atom. The van der Waals surface area contributed by atoms with Crippen LogP contribution in [0.1, 0.15) is 36.5 Å². The fourth-order valence-electron chi connectivity index (χ4n) is 3.93. The van der Waals surface area contributed by atoms with Crippen molar-refractivity contribution in [1.29, 1.82) is 0 Å². The minimum Gasteiger partial charge on any atom is -0.206 e. The highest BCUT2D eigenvalue weighted by Crippen LogP contribution is 2.31. The minimum atomic E-state index is -0.549. The molecule has 3 heteroatoms. The fourth-order valence-corrected chi connectivity index (χ4v) is 4.04. The maximum atomic E-state index is 15.1. The van der Waals surface area contributed by atoms with E-state index in [1.165, 1.54) is 41.7 Å². The number of unbranched alkanes of at least 4 members (excludes halogenated alkanes) is 1. The lowest BCUT2D eigenvalue weighted by molar-refractivity contribution is 0.627. The van der Waals surface area contributed by atoms with Crippen molar-refractivity contribution in [1.82, 2.24) is 0 Å². The van der Waals surface area contributed by atoms with Gasteiger partial charge in [-0.1, -0.05) is 85.6 Å². The number of hydrogen-bond donors (Lipinski definition) is 0. The molecule has 0 amide bonds. The van der Waals surface area contributed by atoms with Crippen molar-refractivity contribution in [3.05, 3.63) is 106 Å². The van der Waals surface area contributed by atoms with Gasteiger partial charge in [0.05, 0.1) is 5.02 Å². The molecule has 0 aliphatic carbocycles. The Morgan fingerprint density at radius 2 is 1.39 bits per heavy atom. The summed E-state index contributed by atoms with van der Waals surface area (Å²) in [6.45, 7) is 2.21. The van der Waals surface area contributed by atoms with Crippen molar-refractivity contribution in [2.75, 3.05) is 0 Å². The molecule has 0 saturated carbocycles. The molecule has 4 aromatic rings. The average Bonchev–Trinajstić information content (AvgIpc) is 2.79. The molecular formula is C28H25ClF2. The van der Waals surface area contributed by atoms with E-state index in [0.29, 0.717) is 16.5 Å². The van der Waals surface area contributed by atoms with Crippen molar-refractivity contribution < 1.29 is 8.78 Å². The molecule has 4 rings (SSSR count). The van der Waals surface area contributed by atoms with Crippen LogP contribution >= 0.6 is 11.6 Å². The second kappa shape index (κ2) is 9.62. The predicted molar refractivity (Wildman–Crippen MR) is 127 cm³/mol. The van der Waals surface area contributed by atoms with E-state index in [2.05, 4.69) is 31.2 Å². The largest absolute Gasteiger partial charge is 0.206 e. The van der Waals surface area contributed by atoms with Crippen LogP contribution in [0.4, 0.5) is 8.78 Å². The van der Waals surface area contributed by atoms with Crippen LogP contribution in [0.15, 0.2) is 72.8 Å². The van der Waals surface area contributed by atoms with Crippen molar-refractivity contribution in [2.45, 2.75) is 39.0 Å². The quantitative estimate of drug-likeness (QED) is 0.273. The van der Waals surface area contributed by atoms with Gasteiger partial charge in [-0.15, -0.1) is 0 Å². The molecule has 0 aromatic heterocycles. The maximum absolute atomic E-state index is 15.1. The molecule has 4 aromatic carbocycles. The summed E-state index contributed by atoms with van der Waals surface area (Å²) in [7, 11) is 0. The Kier molecular flexibility index (Phi) is 6.67. The lowest BCUT2D eigenvalue weighted by Gasteiger charge is -2.10. The van der Waals surface area contributed by atoms with Crippen LogP contribution in [-0.4, -0.2) is 0 Å². The molecule has 0 radical (unpaired) electrons. The number of benzene rings is 4. The number of fused-ring (bicyclic) bond motifs is 1. The Labute approximate surface area is 187 Å². The molecule has 0 N–H and O–H groups in total. The summed E-state index contributed by atoms with van der Waals surface area (Å²) in [5.41, 5.74) is 4.73. The van der Waals surface area contributed by atoms with Gasteiger partial charge in [0.2, 0.25) is 0 Å². The van der Waals surface area contributed by atoms with Crippen LogP contribution < -0.4 is 0 Å². The highest BCUT2D eigenvalue weighted by molar-refractivity contribution is 6.30. The van der Waals surface area contributed by atoms with Crippen LogP contribution in [0, 0.1) is 11.6 Å². The Morgan fingerprint density at radius 3 is 2.10 bits per heavy atom. The van der Waals surface area contributed by atoms with E-state index < -0.39 is 5.82 Å². The van der Waals surface area contributed by atoms with Crippen molar-refractivity contribution in [3.63, 3.8) is 0 Å². The van der Waals surface area contributed by atoms with Gasteiger partial charge in [-0.25, -0.2) is 8.78 Å². The Balaban J connectivity index is 1.51. The van der Waals surface area contributed by atoms with Gasteiger partial charge in [0, 0.05) is 10.9 Å². The lowest BCUT2D eigenvalue weighted by atomic mass is 9.97. The lowest BCUT2D eigenvalue weighted by Crippen LogP contribution is -1.94. The second-order valence-corrected chi connectivity index (χ2v) is 8.44. The summed E-state index contributed by atoms with van der Waals surface area (Å²) in [5.74, 6) is -0.888. The fraction of sp³-hybridized carbons (Fsp3) is 0.214. The maximum Gasteiger partial charge on any atom is 0.142 e. The Bertz CT molecular complexity index is 1200. The zero-order chi connectivity index (χ0) is 21.8. The number of rotatable bonds is 7. The molecule has 31 heavy (non-hydrogen) atoms. The van der Waals surface area contributed by atoms with E-state index in [9.17, 15) is 4.39 Å². The van der Waals surface area contributed by atoms with Crippen molar-refractivity contribution >= 4 is 22.4 Å². The van der Waals surface area contributed by atoms with E-state index in [-0.39, 0.29) is 10.8 Å². The number of hydrogen-bond acceptors (Lipinski definition) is 0. The first-order chi connectivity index (χ1) is 15.0. The van der Waals surface area contributed by atoms with Crippen molar-refractivity contribution in [2.24, 2.45) is 0 Å². The van der Waals surface area contributed by atoms with Crippen LogP contribution in [0.5, 0.6) is 0 Å². The highest BCUT2D eigenvalue weighted by Gasteiger charge is 2.12. The molecule has 0 aliphatic heterocycles. The predicted octanol–water partition coefficient (Wildman–Crippen LogP) is 8.57. The van der Waals surface area contributed by atoms with Gasteiger partial charge >= 0.3 is 0 Å². The molecule has 0 unspecified atom stereocenters. The van der Waals surface area contributed by atoms with Gasteiger partial charge in [0.25, 0.3) is 0 Å². The first kappa shape index (κ1) is 21.5. The topological polar surface area (TPSA) is 0 Å². The first-order valence-corrected chi connectivity index (χ1v) is 11.2. The summed E-state index contributed by atoms with van der Waals surface area (Å²) in [5, 5.41) is 1.42. The zero-order valence-corrected chi connectivity index (χ0v) is 18.4. The molecule has 0 heterocycles. The molecule has 0 atom stereocenters. The van der Waals surface area contributed by atoms with E-state index in [4.69, 9.17) is 11.6 Å². The molecule has 158 valence electrons. The molecule has 0 nitrogen and oxygen atoms in total. The van der Waals surface area contributed by atoms with Crippen molar-refractivity contribution in [3.8, 4) is 11.1 Å². The highest BCUT2D eigenvalue weighted by atomic mass is 35.5. The Hall–Kier alpha value is -2.71. The molecule has 0 saturated heterocycles. The van der Waals surface area contributed by atoms with E-state index in [0.717, 1.165) is 24.6 Å². The molecule has 0 bridgehead atoms. The average molecular weight is 435 g/mol. The normalized spacial score (nSPS) is 11.2. The van der Waals surface area contributed by atoms with E-state index >= 15 is 4.39 Å². The van der Waals surface area contributed by atoms with Gasteiger partial charge in [-0.2, -0.15) is 0 Å². The summed E-state index contributed by atoms with van der Waals surface area (Å²) in [6.07, 6.45) is 5.42. The third-order valence-electron chi connectivity index (χ3n) is 5.79. The minimum absolute atomic E-state index is 0.0326. The molecule has 0 spiro atoms. The third kappa shape index (κ3) is 4.97. The van der Waals surface area contributed by atoms with Gasteiger partial charge < -0.3 is 0 Å². The number of halogens is 3. The van der Waals surface area contributed by atoms with Crippen LogP contribution in [0.25, 0.3) is 21.9 Å². The van der Waals surface area contributed by atoms with E-state index in [1.807, 2.05) is 24.3 Å². The summed E-state index contributed by atoms with van der Waals surface area (Å²) in [6, 6.07) is 22.7. The summed E-state index contributed by atoms with van der Waals surface area (Å²) >= 11 is 5.75. The standard InChI is InChI=1S/C28H25ClF2/c1-2-3-4-19-5-7-20(8-6-19)9-10-21-11-14-24-22(17-21)12-15-25(28(24)31)23-13-16-26(29)27(30)18-23/h5-8,11-18H,2-4,9-10H2,1H3. The molecule has 0 fully saturated rings.